The largest absolute Gasteiger partial charge is 0.268 e. The standard InChI is InChI=1S/C12H26N2/c1-9(2)10-7-11(3,4)14(13)12(5,6)8-10/h9-10H,7-8,13H2,1-6H3. The summed E-state index contributed by atoms with van der Waals surface area (Å²) in [5.74, 6) is 7.76. The van der Waals surface area contributed by atoms with E-state index in [0.29, 0.717) is 0 Å². The van der Waals surface area contributed by atoms with Crippen molar-refractivity contribution in [1.82, 2.24) is 5.01 Å². The molecular formula is C12H26N2. The van der Waals surface area contributed by atoms with E-state index in [1.165, 1.54) is 12.8 Å². The molecule has 1 rings (SSSR count). The fourth-order valence-corrected chi connectivity index (χ4v) is 2.84. The first-order valence-electron chi connectivity index (χ1n) is 5.72. The lowest BCUT2D eigenvalue weighted by atomic mass is 9.71. The van der Waals surface area contributed by atoms with Gasteiger partial charge in [-0.1, -0.05) is 13.8 Å². The Bertz CT molecular complexity index is 188. The maximum absolute atomic E-state index is 6.19. The van der Waals surface area contributed by atoms with E-state index in [-0.39, 0.29) is 11.1 Å². The van der Waals surface area contributed by atoms with Crippen molar-refractivity contribution in [3.05, 3.63) is 0 Å². The summed E-state index contributed by atoms with van der Waals surface area (Å²) in [5, 5.41) is 2.05. The second-order valence-electron chi connectivity index (χ2n) is 6.41. The molecule has 2 heteroatoms. The minimum atomic E-state index is 0.136. The van der Waals surface area contributed by atoms with E-state index in [9.17, 15) is 0 Å². The number of piperidine rings is 1. The topological polar surface area (TPSA) is 29.3 Å². The zero-order chi connectivity index (χ0) is 11.1. The van der Waals surface area contributed by atoms with Crippen molar-refractivity contribution in [3.63, 3.8) is 0 Å². The zero-order valence-electron chi connectivity index (χ0n) is 10.6. The first-order chi connectivity index (χ1) is 6.17. The molecule has 1 heterocycles. The smallest absolute Gasteiger partial charge is 0.0304 e. The highest BCUT2D eigenvalue weighted by Gasteiger charge is 2.44. The Labute approximate surface area is 88.8 Å². The Kier molecular flexibility index (Phi) is 2.99. The number of hydrogen-bond acceptors (Lipinski definition) is 2. The van der Waals surface area contributed by atoms with Crippen LogP contribution in [0.1, 0.15) is 54.4 Å². The highest BCUT2D eigenvalue weighted by Crippen LogP contribution is 2.41. The SMILES string of the molecule is CC(C)C1CC(C)(C)N(N)C(C)(C)C1. The van der Waals surface area contributed by atoms with Crippen LogP contribution in [0, 0.1) is 11.8 Å². The van der Waals surface area contributed by atoms with Crippen LogP contribution in [-0.4, -0.2) is 16.1 Å². The van der Waals surface area contributed by atoms with E-state index in [0.717, 1.165) is 11.8 Å². The summed E-state index contributed by atoms with van der Waals surface area (Å²) < 4.78 is 0. The van der Waals surface area contributed by atoms with Gasteiger partial charge in [0.05, 0.1) is 0 Å². The predicted octanol–water partition coefficient (Wildman–Crippen LogP) is 2.79. The second kappa shape index (κ2) is 3.49. The Morgan fingerprint density at radius 3 is 1.71 bits per heavy atom. The molecule has 0 radical (unpaired) electrons. The van der Waals surface area contributed by atoms with Gasteiger partial charge >= 0.3 is 0 Å². The number of nitrogens with zero attached hydrogens (tertiary/aromatic N) is 1. The van der Waals surface area contributed by atoms with Crippen LogP contribution < -0.4 is 5.84 Å². The minimum absolute atomic E-state index is 0.136. The monoisotopic (exact) mass is 198 g/mol. The highest BCUT2D eigenvalue weighted by molar-refractivity contribution is 4.97. The quantitative estimate of drug-likeness (QED) is 0.656. The molecule has 0 bridgehead atoms. The lowest BCUT2D eigenvalue weighted by molar-refractivity contribution is -0.0620. The summed E-state index contributed by atoms with van der Waals surface area (Å²) >= 11 is 0. The van der Waals surface area contributed by atoms with Gasteiger partial charge in [0.25, 0.3) is 0 Å². The molecule has 0 aromatic rings. The van der Waals surface area contributed by atoms with Crippen molar-refractivity contribution < 1.29 is 0 Å². The molecule has 1 saturated heterocycles. The molecule has 0 aromatic carbocycles. The van der Waals surface area contributed by atoms with Crippen molar-refractivity contribution in [3.8, 4) is 0 Å². The molecule has 0 saturated carbocycles. The number of rotatable bonds is 1. The summed E-state index contributed by atoms with van der Waals surface area (Å²) in [5.41, 5.74) is 0.271. The Morgan fingerprint density at radius 2 is 1.43 bits per heavy atom. The van der Waals surface area contributed by atoms with Crippen LogP contribution in [0.2, 0.25) is 0 Å². The third-order valence-electron chi connectivity index (χ3n) is 3.77. The molecule has 0 spiro atoms. The van der Waals surface area contributed by atoms with Crippen LogP contribution >= 0.6 is 0 Å². The van der Waals surface area contributed by atoms with Gasteiger partial charge in [0.1, 0.15) is 0 Å². The molecule has 1 aliphatic heterocycles. The molecule has 0 aliphatic carbocycles. The molecule has 2 nitrogen and oxygen atoms in total. The Balaban J connectivity index is 2.86. The van der Waals surface area contributed by atoms with E-state index in [1.807, 2.05) is 0 Å². The summed E-state index contributed by atoms with van der Waals surface area (Å²) in [4.78, 5) is 0. The molecule has 0 aromatic heterocycles. The minimum Gasteiger partial charge on any atom is -0.268 e. The molecule has 0 unspecified atom stereocenters. The third kappa shape index (κ3) is 2.12. The molecule has 1 aliphatic rings. The van der Waals surface area contributed by atoms with E-state index >= 15 is 0 Å². The van der Waals surface area contributed by atoms with Gasteiger partial charge in [-0.15, -0.1) is 0 Å². The normalized spacial score (nSPS) is 28.3. The number of hydrazine groups is 1. The van der Waals surface area contributed by atoms with Crippen LogP contribution in [0.15, 0.2) is 0 Å². The van der Waals surface area contributed by atoms with E-state index < -0.39 is 0 Å². The molecule has 0 atom stereocenters. The van der Waals surface area contributed by atoms with Crippen LogP contribution in [0.4, 0.5) is 0 Å². The lowest BCUT2D eigenvalue weighted by Crippen LogP contribution is -2.64. The Morgan fingerprint density at radius 1 is 1.07 bits per heavy atom. The van der Waals surface area contributed by atoms with Gasteiger partial charge < -0.3 is 0 Å². The van der Waals surface area contributed by atoms with Gasteiger partial charge in [-0.3, -0.25) is 5.84 Å². The van der Waals surface area contributed by atoms with E-state index in [2.05, 4.69) is 46.6 Å². The number of nitrogens with two attached hydrogens (primary N) is 1. The maximum Gasteiger partial charge on any atom is 0.0304 e. The van der Waals surface area contributed by atoms with Crippen molar-refractivity contribution in [2.75, 3.05) is 0 Å². The highest BCUT2D eigenvalue weighted by atomic mass is 15.5. The van der Waals surface area contributed by atoms with Gasteiger partial charge in [-0.25, -0.2) is 5.01 Å². The molecule has 2 N–H and O–H groups in total. The molecule has 0 amide bonds. The predicted molar refractivity (Wildman–Crippen MR) is 61.7 cm³/mol. The van der Waals surface area contributed by atoms with Crippen LogP contribution in [0.25, 0.3) is 0 Å². The molecule has 1 fully saturated rings. The van der Waals surface area contributed by atoms with Gasteiger partial charge in [-0.05, 0) is 52.4 Å². The summed E-state index contributed by atoms with van der Waals surface area (Å²) in [6.07, 6.45) is 2.43. The first kappa shape index (κ1) is 12.0. The fraction of sp³-hybridized carbons (Fsp3) is 1.00. The molecule has 84 valence electrons. The van der Waals surface area contributed by atoms with Crippen molar-refractivity contribution >= 4 is 0 Å². The van der Waals surface area contributed by atoms with Crippen LogP contribution in [-0.2, 0) is 0 Å². The van der Waals surface area contributed by atoms with Gasteiger partial charge in [0, 0.05) is 11.1 Å². The van der Waals surface area contributed by atoms with Crippen molar-refractivity contribution in [2.45, 2.75) is 65.5 Å². The molecular weight excluding hydrogens is 172 g/mol. The fourth-order valence-electron chi connectivity index (χ4n) is 2.84. The van der Waals surface area contributed by atoms with Crippen LogP contribution in [0.5, 0.6) is 0 Å². The summed E-state index contributed by atoms with van der Waals surface area (Å²) in [6.45, 7) is 13.7. The van der Waals surface area contributed by atoms with Gasteiger partial charge in [0.2, 0.25) is 0 Å². The van der Waals surface area contributed by atoms with Gasteiger partial charge in [0.15, 0.2) is 0 Å². The van der Waals surface area contributed by atoms with Crippen LogP contribution in [0.3, 0.4) is 0 Å². The van der Waals surface area contributed by atoms with E-state index in [1.54, 1.807) is 0 Å². The van der Waals surface area contributed by atoms with Crippen molar-refractivity contribution in [1.29, 1.82) is 0 Å². The van der Waals surface area contributed by atoms with Crippen molar-refractivity contribution in [2.24, 2.45) is 17.7 Å². The van der Waals surface area contributed by atoms with Gasteiger partial charge in [-0.2, -0.15) is 0 Å². The molecule has 14 heavy (non-hydrogen) atoms. The first-order valence-corrected chi connectivity index (χ1v) is 5.72. The zero-order valence-corrected chi connectivity index (χ0v) is 10.6. The maximum atomic E-state index is 6.19. The average molecular weight is 198 g/mol. The number of hydrogen-bond donors (Lipinski definition) is 1. The van der Waals surface area contributed by atoms with E-state index in [4.69, 9.17) is 5.84 Å². The average Bonchev–Trinajstić information content (AvgIpc) is 1.98. The summed E-state index contributed by atoms with van der Waals surface area (Å²) in [6, 6.07) is 0. The summed E-state index contributed by atoms with van der Waals surface area (Å²) in [7, 11) is 0. The second-order valence-corrected chi connectivity index (χ2v) is 6.41. The lowest BCUT2D eigenvalue weighted by Gasteiger charge is -2.53. The Hall–Kier alpha value is -0.0800. The third-order valence-corrected chi connectivity index (χ3v) is 3.77.